The number of hydrogen-bond acceptors (Lipinski definition) is 2. The Labute approximate surface area is 71.0 Å². The van der Waals surface area contributed by atoms with E-state index in [9.17, 15) is 0 Å². The van der Waals surface area contributed by atoms with Gasteiger partial charge in [-0.05, 0) is 12.2 Å². The molecular formula is C6H11N3OS. The second kappa shape index (κ2) is 4.25. The molecule has 1 aliphatic heterocycles. The minimum absolute atomic E-state index is 0.177. The molecule has 0 unspecified atom stereocenters. The molecule has 0 amide bonds. The predicted octanol–water partition coefficient (Wildman–Crippen LogP) is -0.410. The number of rotatable bonds is 1. The minimum Gasteiger partial charge on any atom is -0.378 e. The van der Waals surface area contributed by atoms with E-state index in [2.05, 4.69) is 17.2 Å². The molecule has 0 aliphatic carbocycles. The summed E-state index contributed by atoms with van der Waals surface area (Å²) in [5.41, 5.74) is 5.19. The van der Waals surface area contributed by atoms with Gasteiger partial charge in [0.25, 0.3) is 0 Å². The van der Waals surface area contributed by atoms with Gasteiger partial charge in [-0.2, -0.15) is 0 Å². The Kier molecular flexibility index (Phi) is 3.25. The van der Waals surface area contributed by atoms with E-state index in [0.717, 1.165) is 26.3 Å². The van der Waals surface area contributed by atoms with Gasteiger partial charge < -0.3 is 15.4 Å². The van der Waals surface area contributed by atoms with Gasteiger partial charge in [0.15, 0.2) is 5.11 Å². The summed E-state index contributed by atoms with van der Waals surface area (Å²) in [5, 5.41) is 0.177. The van der Waals surface area contributed by atoms with Gasteiger partial charge in [-0.25, -0.2) is 4.99 Å². The van der Waals surface area contributed by atoms with Gasteiger partial charge in [0.05, 0.1) is 19.6 Å². The summed E-state index contributed by atoms with van der Waals surface area (Å²) in [6.45, 7) is 3.24. The number of thiocarbonyl (C=S) groups is 1. The Hall–Kier alpha value is -0.680. The maximum atomic E-state index is 5.19. The van der Waals surface area contributed by atoms with Gasteiger partial charge >= 0.3 is 0 Å². The Bertz CT molecular complexity index is 165. The van der Waals surface area contributed by atoms with Crippen LogP contribution in [0.4, 0.5) is 0 Å². The van der Waals surface area contributed by atoms with Gasteiger partial charge in [-0.3, -0.25) is 0 Å². The molecule has 1 fully saturated rings. The molecule has 1 rings (SSSR count). The van der Waals surface area contributed by atoms with Crippen LogP contribution in [0.3, 0.4) is 0 Å². The lowest BCUT2D eigenvalue weighted by Crippen LogP contribution is -2.35. The molecule has 0 atom stereocenters. The van der Waals surface area contributed by atoms with E-state index in [1.807, 2.05) is 4.90 Å². The largest absolute Gasteiger partial charge is 0.378 e. The molecule has 5 heteroatoms. The third-order valence-electron chi connectivity index (χ3n) is 1.39. The summed E-state index contributed by atoms with van der Waals surface area (Å²) < 4.78 is 5.14. The van der Waals surface area contributed by atoms with Gasteiger partial charge in [-0.1, -0.05) is 0 Å². The predicted molar refractivity (Wildman–Crippen MR) is 47.7 cm³/mol. The summed E-state index contributed by atoms with van der Waals surface area (Å²) in [6, 6.07) is 0. The average Bonchev–Trinajstić information content (AvgIpc) is 2.03. The van der Waals surface area contributed by atoms with Crippen molar-refractivity contribution in [2.45, 2.75) is 0 Å². The summed E-state index contributed by atoms with van der Waals surface area (Å²) in [7, 11) is 0. The van der Waals surface area contributed by atoms with Gasteiger partial charge in [0.2, 0.25) is 0 Å². The maximum Gasteiger partial charge on any atom is 0.191 e. The highest BCUT2D eigenvalue weighted by atomic mass is 32.1. The molecule has 2 N–H and O–H groups in total. The van der Waals surface area contributed by atoms with E-state index < -0.39 is 0 Å². The molecule has 0 aromatic rings. The quantitative estimate of drug-likeness (QED) is 0.333. The van der Waals surface area contributed by atoms with Crippen LogP contribution in [0.15, 0.2) is 4.99 Å². The first-order chi connectivity index (χ1) is 5.29. The number of hydrogen-bond donors (Lipinski definition) is 1. The van der Waals surface area contributed by atoms with Gasteiger partial charge in [-0.15, -0.1) is 0 Å². The molecule has 1 aliphatic rings. The van der Waals surface area contributed by atoms with Crippen molar-refractivity contribution in [2.75, 3.05) is 26.3 Å². The topological polar surface area (TPSA) is 50.8 Å². The molecule has 1 saturated heterocycles. The fourth-order valence-electron chi connectivity index (χ4n) is 0.831. The van der Waals surface area contributed by atoms with E-state index in [0.29, 0.717) is 0 Å². The third kappa shape index (κ3) is 3.29. The van der Waals surface area contributed by atoms with Crippen molar-refractivity contribution in [1.29, 1.82) is 0 Å². The smallest absolute Gasteiger partial charge is 0.191 e. The second-order valence-corrected chi connectivity index (χ2v) is 2.65. The average molecular weight is 173 g/mol. The molecule has 62 valence electrons. The summed E-state index contributed by atoms with van der Waals surface area (Å²) in [4.78, 5) is 5.83. The van der Waals surface area contributed by atoms with E-state index in [1.54, 1.807) is 6.34 Å². The molecule has 0 radical (unpaired) electrons. The highest BCUT2D eigenvalue weighted by Crippen LogP contribution is 1.92. The standard InChI is InChI=1S/C6H11N3OS/c7-6(11)8-5-9-1-3-10-4-2-9/h5H,1-4H2,(H2,7,11). The van der Waals surface area contributed by atoms with Crippen molar-refractivity contribution in [3.63, 3.8) is 0 Å². The van der Waals surface area contributed by atoms with Crippen molar-refractivity contribution in [1.82, 2.24) is 4.90 Å². The minimum atomic E-state index is 0.177. The number of aliphatic imine (C=N–C) groups is 1. The summed E-state index contributed by atoms with van der Waals surface area (Å²) in [5.74, 6) is 0. The molecule has 4 nitrogen and oxygen atoms in total. The molecule has 0 saturated carbocycles. The first kappa shape index (κ1) is 8.42. The highest BCUT2D eigenvalue weighted by molar-refractivity contribution is 7.80. The SMILES string of the molecule is NC(=S)N=CN1CCOCC1. The molecule has 0 bridgehead atoms. The summed E-state index contributed by atoms with van der Waals surface area (Å²) >= 11 is 4.59. The number of nitrogens with zero attached hydrogens (tertiary/aromatic N) is 2. The number of nitrogens with two attached hydrogens (primary N) is 1. The second-order valence-electron chi connectivity index (χ2n) is 2.23. The van der Waals surface area contributed by atoms with Crippen molar-refractivity contribution >= 4 is 23.7 Å². The lowest BCUT2D eigenvalue weighted by molar-refractivity contribution is 0.0701. The zero-order valence-corrected chi connectivity index (χ0v) is 7.01. The van der Waals surface area contributed by atoms with Crippen LogP contribution in [0.2, 0.25) is 0 Å². The molecular weight excluding hydrogens is 162 g/mol. The Morgan fingerprint density at radius 1 is 1.55 bits per heavy atom. The molecule has 0 aromatic carbocycles. The first-order valence-corrected chi connectivity index (χ1v) is 3.85. The molecule has 0 aromatic heterocycles. The third-order valence-corrected chi connectivity index (χ3v) is 1.50. The zero-order valence-electron chi connectivity index (χ0n) is 6.19. The highest BCUT2D eigenvalue weighted by Gasteiger charge is 2.05. The van der Waals surface area contributed by atoms with Crippen LogP contribution in [-0.4, -0.2) is 42.7 Å². The van der Waals surface area contributed by atoms with Crippen LogP contribution in [0.1, 0.15) is 0 Å². The number of ether oxygens (including phenoxy) is 1. The van der Waals surface area contributed by atoms with Crippen molar-refractivity contribution in [3.8, 4) is 0 Å². The Balaban J connectivity index is 2.29. The van der Waals surface area contributed by atoms with Gasteiger partial charge in [0, 0.05) is 13.1 Å². The fourth-order valence-corrected chi connectivity index (χ4v) is 0.879. The van der Waals surface area contributed by atoms with E-state index in [4.69, 9.17) is 10.5 Å². The van der Waals surface area contributed by atoms with Crippen LogP contribution in [-0.2, 0) is 4.74 Å². The normalized spacial score (nSPS) is 19.1. The van der Waals surface area contributed by atoms with Crippen molar-refractivity contribution in [3.05, 3.63) is 0 Å². The lowest BCUT2D eigenvalue weighted by atomic mass is 10.5. The first-order valence-electron chi connectivity index (χ1n) is 3.44. The van der Waals surface area contributed by atoms with Crippen LogP contribution in [0, 0.1) is 0 Å². The number of morpholine rings is 1. The monoisotopic (exact) mass is 173 g/mol. The van der Waals surface area contributed by atoms with E-state index >= 15 is 0 Å². The van der Waals surface area contributed by atoms with E-state index in [-0.39, 0.29) is 5.11 Å². The Morgan fingerprint density at radius 3 is 2.73 bits per heavy atom. The summed E-state index contributed by atoms with van der Waals surface area (Å²) in [6.07, 6.45) is 1.67. The van der Waals surface area contributed by atoms with Crippen LogP contribution in [0.5, 0.6) is 0 Å². The van der Waals surface area contributed by atoms with Gasteiger partial charge in [0.1, 0.15) is 0 Å². The van der Waals surface area contributed by atoms with Crippen molar-refractivity contribution < 1.29 is 4.74 Å². The van der Waals surface area contributed by atoms with Crippen LogP contribution < -0.4 is 5.73 Å². The van der Waals surface area contributed by atoms with Crippen LogP contribution >= 0.6 is 12.2 Å². The van der Waals surface area contributed by atoms with E-state index in [1.165, 1.54) is 0 Å². The molecule has 11 heavy (non-hydrogen) atoms. The lowest BCUT2D eigenvalue weighted by Gasteiger charge is -2.23. The molecule has 1 heterocycles. The maximum absolute atomic E-state index is 5.19. The molecule has 0 spiro atoms. The van der Waals surface area contributed by atoms with Crippen molar-refractivity contribution in [2.24, 2.45) is 10.7 Å². The fraction of sp³-hybridized carbons (Fsp3) is 0.667. The van der Waals surface area contributed by atoms with Crippen LogP contribution in [0.25, 0.3) is 0 Å². The zero-order chi connectivity index (χ0) is 8.10. The Morgan fingerprint density at radius 2 is 2.18 bits per heavy atom.